The molecule has 3 aromatic rings. The zero-order valence-electron chi connectivity index (χ0n) is 16.1. The fourth-order valence-corrected chi connectivity index (χ4v) is 5.22. The van der Waals surface area contributed by atoms with E-state index in [-0.39, 0.29) is 27.7 Å². The van der Waals surface area contributed by atoms with Gasteiger partial charge in [-0.05, 0) is 37.1 Å². The third kappa shape index (κ3) is 4.80. The predicted molar refractivity (Wildman–Crippen MR) is 115 cm³/mol. The van der Waals surface area contributed by atoms with Gasteiger partial charge in [-0.25, -0.2) is 13.4 Å². The summed E-state index contributed by atoms with van der Waals surface area (Å²) in [4.78, 5) is 18.9. The number of sulfonamides is 1. The van der Waals surface area contributed by atoms with Crippen molar-refractivity contribution < 1.29 is 17.9 Å². The topological polar surface area (TPSA) is 88.6 Å². The van der Waals surface area contributed by atoms with Crippen LogP contribution in [0.5, 0.6) is 5.75 Å². The first-order valence-electron chi connectivity index (χ1n) is 9.56. The summed E-state index contributed by atoms with van der Waals surface area (Å²) in [5.74, 6) is 0.556. The second-order valence-electron chi connectivity index (χ2n) is 6.90. The monoisotopic (exact) mass is 443 g/mol. The first kappa shape index (κ1) is 20.4. The summed E-state index contributed by atoms with van der Waals surface area (Å²) >= 11 is 1.09. The minimum absolute atomic E-state index is 0.0835. The van der Waals surface area contributed by atoms with Gasteiger partial charge in [0.2, 0.25) is 0 Å². The molecule has 9 heteroatoms. The smallest absolute Gasteiger partial charge is 0.273 e. The number of nitrogens with one attached hydrogen (secondary N) is 1. The Labute approximate surface area is 179 Å². The van der Waals surface area contributed by atoms with Crippen LogP contribution in [-0.4, -0.2) is 43.4 Å². The molecule has 2 heterocycles. The number of carbonyl (C=O) groups excluding carboxylic acids is 1. The van der Waals surface area contributed by atoms with Gasteiger partial charge in [-0.1, -0.05) is 36.4 Å². The molecule has 0 aliphatic carbocycles. The van der Waals surface area contributed by atoms with Crippen LogP contribution >= 0.6 is 11.3 Å². The van der Waals surface area contributed by atoms with Gasteiger partial charge in [0.15, 0.2) is 5.13 Å². The van der Waals surface area contributed by atoms with Gasteiger partial charge in [-0.15, -0.1) is 11.3 Å². The molecule has 4 rings (SSSR count). The number of anilines is 1. The van der Waals surface area contributed by atoms with Crippen molar-refractivity contribution in [1.82, 2.24) is 9.88 Å². The molecule has 2 aromatic carbocycles. The molecule has 156 valence electrons. The number of piperidine rings is 1. The molecule has 1 N–H and O–H groups in total. The lowest BCUT2D eigenvalue weighted by Crippen LogP contribution is -2.44. The minimum Gasteiger partial charge on any atom is -0.489 e. The van der Waals surface area contributed by atoms with Crippen molar-refractivity contribution in [3.8, 4) is 5.75 Å². The molecule has 0 bridgehead atoms. The number of amides is 1. The van der Waals surface area contributed by atoms with E-state index < -0.39 is 10.0 Å². The third-order valence-electron chi connectivity index (χ3n) is 4.71. The van der Waals surface area contributed by atoms with Crippen molar-refractivity contribution in [2.24, 2.45) is 0 Å². The van der Waals surface area contributed by atoms with Crippen LogP contribution in [0, 0.1) is 0 Å². The highest BCUT2D eigenvalue weighted by Gasteiger charge is 2.27. The average Bonchev–Trinajstić information content (AvgIpc) is 3.22. The van der Waals surface area contributed by atoms with Crippen LogP contribution in [0.4, 0.5) is 5.13 Å². The molecule has 30 heavy (non-hydrogen) atoms. The highest BCUT2D eigenvalue weighted by Crippen LogP contribution is 2.23. The number of para-hydroxylation sites is 1. The maximum atomic E-state index is 12.9. The first-order chi connectivity index (χ1) is 14.5. The molecule has 1 atom stereocenters. The molecule has 0 saturated carbocycles. The highest BCUT2D eigenvalue weighted by atomic mass is 32.2. The van der Waals surface area contributed by atoms with E-state index in [0.717, 1.165) is 29.9 Å². The van der Waals surface area contributed by atoms with Crippen molar-refractivity contribution in [2.75, 3.05) is 17.8 Å². The van der Waals surface area contributed by atoms with Crippen molar-refractivity contribution in [2.45, 2.75) is 23.8 Å². The van der Waals surface area contributed by atoms with Gasteiger partial charge < -0.3 is 9.64 Å². The fourth-order valence-electron chi connectivity index (χ4n) is 3.26. The Balaban J connectivity index is 1.41. The summed E-state index contributed by atoms with van der Waals surface area (Å²) in [5.41, 5.74) is 0.228. The second kappa shape index (κ2) is 8.85. The summed E-state index contributed by atoms with van der Waals surface area (Å²) < 4.78 is 33.3. The van der Waals surface area contributed by atoms with Gasteiger partial charge >= 0.3 is 0 Å². The Morgan fingerprint density at radius 2 is 1.80 bits per heavy atom. The highest BCUT2D eigenvalue weighted by molar-refractivity contribution is 7.93. The molecule has 1 aliphatic rings. The minimum atomic E-state index is -3.74. The molecule has 1 fully saturated rings. The summed E-state index contributed by atoms with van der Waals surface area (Å²) in [6.45, 7) is 1.09. The van der Waals surface area contributed by atoms with Crippen LogP contribution < -0.4 is 9.46 Å². The Morgan fingerprint density at radius 1 is 1.10 bits per heavy atom. The lowest BCUT2D eigenvalue weighted by molar-refractivity contribution is 0.0533. The standard InChI is InChI=1S/C21H21N3O4S2/c25-20(24-13-7-10-17(14-24)28-16-8-3-1-4-9-16)19-15-29-21(22-19)23-30(26,27)18-11-5-2-6-12-18/h1-6,8-9,11-12,15,17H,7,10,13-14H2,(H,22,23). The third-order valence-corrected chi connectivity index (χ3v) is 6.95. The van der Waals surface area contributed by atoms with Gasteiger partial charge in [0.1, 0.15) is 17.5 Å². The van der Waals surface area contributed by atoms with Gasteiger partial charge in [0, 0.05) is 11.9 Å². The predicted octanol–water partition coefficient (Wildman–Crippen LogP) is 3.63. The van der Waals surface area contributed by atoms with E-state index in [9.17, 15) is 13.2 Å². The number of ether oxygens (including phenoxy) is 1. The van der Waals surface area contributed by atoms with Crippen molar-refractivity contribution in [3.05, 3.63) is 71.7 Å². The Kier molecular flexibility index (Phi) is 6.01. The second-order valence-corrected chi connectivity index (χ2v) is 9.44. The molecule has 1 amide bonds. The van der Waals surface area contributed by atoms with Gasteiger partial charge in [-0.3, -0.25) is 9.52 Å². The Bertz CT molecular complexity index is 1100. The summed E-state index contributed by atoms with van der Waals surface area (Å²) in [5, 5.41) is 1.74. The largest absolute Gasteiger partial charge is 0.489 e. The number of carbonyl (C=O) groups is 1. The van der Waals surface area contributed by atoms with Crippen LogP contribution in [0.2, 0.25) is 0 Å². The molecular formula is C21H21N3O4S2. The molecule has 1 aliphatic heterocycles. The van der Waals surface area contributed by atoms with E-state index >= 15 is 0 Å². The molecular weight excluding hydrogens is 422 g/mol. The number of aromatic nitrogens is 1. The van der Waals surface area contributed by atoms with Crippen LogP contribution in [-0.2, 0) is 10.0 Å². The lowest BCUT2D eigenvalue weighted by Gasteiger charge is -2.32. The number of nitrogens with zero attached hydrogens (tertiary/aromatic N) is 2. The van der Waals surface area contributed by atoms with E-state index in [4.69, 9.17) is 4.74 Å². The molecule has 1 unspecified atom stereocenters. The normalized spacial score (nSPS) is 16.8. The van der Waals surface area contributed by atoms with Crippen LogP contribution in [0.25, 0.3) is 0 Å². The number of hydrogen-bond donors (Lipinski definition) is 1. The lowest BCUT2D eigenvalue weighted by atomic mass is 10.1. The van der Waals surface area contributed by atoms with E-state index in [1.165, 1.54) is 12.1 Å². The Hall–Kier alpha value is -2.91. The average molecular weight is 444 g/mol. The van der Waals surface area contributed by atoms with Crippen molar-refractivity contribution in [1.29, 1.82) is 0 Å². The number of hydrogen-bond acceptors (Lipinski definition) is 6. The summed E-state index contributed by atoms with van der Waals surface area (Å²) in [6, 6.07) is 17.6. The van der Waals surface area contributed by atoms with E-state index in [0.29, 0.717) is 13.1 Å². The molecule has 0 spiro atoms. The van der Waals surface area contributed by atoms with Crippen LogP contribution in [0.3, 0.4) is 0 Å². The van der Waals surface area contributed by atoms with Gasteiger partial charge in [0.25, 0.3) is 15.9 Å². The maximum Gasteiger partial charge on any atom is 0.273 e. The SMILES string of the molecule is O=C(c1csc(NS(=O)(=O)c2ccccc2)n1)N1CCCC(Oc2ccccc2)C1. The number of benzene rings is 2. The molecule has 1 saturated heterocycles. The van der Waals surface area contributed by atoms with Gasteiger partial charge in [-0.2, -0.15) is 0 Å². The number of likely N-dealkylation sites (tertiary alicyclic amines) is 1. The van der Waals surface area contributed by atoms with Crippen molar-refractivity contribution >= 4 is 32.4 Å². The fraction of sp³-hybridized carbons (Fsp3) is 0.238. The van der Waals surface area contributed by atoms with Crippen LogP contribution in [0.1, 0.15) is 23.3 Å². The maximum absolute atomic E-state index is 12.9. The zero-order valence-corrected chi connectivity index (χ0v) is 17.7. The first-order valence-corrected chi connectivity index (χ1v) is 11.9. The van der Waals surface area contributed by atoms with Crippen molar-refractivity contribution in [3.63, 3.8) is 0 Å². The molecule has 7 nitrogen and oxygen atoms in total. The Morgan fingerprint density at radius 3 is 2.53 bits per heavy atom. The van der Waals surface area contributed by atoms with Crippen LogP contribution in [0.15, 0.2) is 70.9 Å². The number of thiazole rings is 1. The molecule has 1 aromatic heterocycles. The summed E-state index contributed by atoms with van der Waals surface area (Å²) in [6.07, 6.45) is 1.62. The molecule has 0 radical (unpaired) electrons. The van der Waals surface area contributed by atoms with E-state index in [1.807, 2.05) is 30.3 Å². The van der Waals surface area contributed by atoms with E-state index in [1.54, 1.807) is 28.5 Å². The van der Waals surface area contributed by atoms with E-state index in [2.05, 4.69) is 9.71 Å². The quantitative estimate of drug-likeness (QED) is 0.629. The van der Waals surface area contributed by atoms with Gasteiger partial charge in [0.05, 0.1) is 11.4 Å². The number of rotatable bonds is 6. The summed E-state index contributed by atoms with van der Waals surface area (Å²) in [7, 11) is -3.74. The zero-order chi connectivity index (χ0) is 21.0.